The molecule has 1 saturated heterocycles. The van der Waals surface area contributed by atoms with Gasteiger partial charge in [0.1, 0.15) is 5.69 Å². The first-order valence-electron chi connectivity index (χ1n) is 9.86. The standard InChI is InChI=1S/C21H24N4O4S/c1-15-4-6-16(7-5-15)13-22-21(26)17-3-2-12-25(14-17)30(27,28)20-9-8-19(29-20)18-10-11-23-24-18/h4-11,17H,2-3,12-14H2,1H3,(H,22,26)(H,23,24)/t17-/m1/s1. The highest BCUT2D eigenvalue weighted by Gasteiger charge is 2.35. The van der Waals surface area contributed by atoms with E-state index in [0.717, 1.165) is 11.1 Å². The van der Waals surface area contributed by atoms with Crippen LogP contribution in [-0.2, 0) is 21.4 Å². The van der Waals surface area contributed by atoms with Crippen LogP contribution in [-0.4, -0.2) is 41.9 Å². The van der Waals surface area contributed by atoms with Crippen LogP contribution in [0, 0.1) is 12.8 Å². The molecule has 4 rings (SSSR count). The first kappa shape index (κ1) is 20.4. The molecule has 1 aromatic carbocycles. The van der Waals surface area contributed by atoms with Gasteiger partial charge in [0.15, 0.2) is 5.76 Å². The molecule has 3 heterocycles. The van der Waals surface area contributed by atoms with Crippen LogP contribution in [0.1, 0.15) is 24.0 Å². The van der Waals surface area contributed by atoms with Crippen molar-refractivity contribution in [2.24, 2.45) is 5.92 Å². The molecule has 2 N–H and O–H groups in total. The molecule has 0 bridgehead atoms. The number of furan rings is 1. The summed E-state index contributed by atoms with van der Waals surface area (Å²) in [5, 5.41) is 9.38. The number of hydrogen-bond donors (Lipinski definition) is 2. The molecule has 9 heteroatoms. The van der Waals surface area contributed by atoms with Crippen LogP contribution in [0.25, 0.3) is 11.5 Å². The number of H-pyrrole nitrogens is 1. The molecule has 1 amide bonds. The highest BCUT2D eigenvalue weighted by molar-refractivity contribution is 7.89. The molecule has 0 radical (unpaired) electrons. The molecule has 1 atom stereocenters. The third kappa shape index (κ3) is 4.31. The smallest absolute Gasteiger partial charge is 0.276 e. The zero-order valence-corrected chi connectivity index (χ0v) is 17.5. The van der Waals surface area contributed by atoms with Crippen LogP contribution in [0.5, 0.6) is 0 Å². The van der Waals surface area contributed by atoms with Crippen molar-refractivity contribution < 1.29 is 17.6 Å². The summed E-state index contributed by atoms with van der Waals surface area (Å²) in [4.78, 5) is 12.6. The number of hydrogen-bond acceptors (Lipinski definition) is 5. The Bertz CT molecular complexity index is 1100. The van der Waals surface area contributed by atoms with Crippen LogP contribution < -0.4 is 5.32 Å². The van der Waals surface area contributed by atoms with Crippen LogP contribution in [0.4, 0.5) is 0 Å². The topological polar surface area (TPSA) is 108 Å². The molecule has 2 aromatic heterocycles. The van der Waals surface area contributed by atoms with Crippen molar-refractivity contribution >= 4 is 15.9 Å². The Kier molecular flexibility index (Phi) is 5.74. The molecule has 0 aliphatic carbocycles. The summed E-state index contributed by atoms with van der Waals surface area (Å²) in [5.74, 6) is -0.121. The normalized spacial score (nSPS) is 17.7. The zero-order chi connectivity index (χ0) is 21.1. The van der Waals surface area contributed by atoms with E-state index >= 15 is 0 Å². The Morgan fingerprint density at radius 1 is 1.23 bits per heavy atom. The van der Waals surface area contributed by atoms with Crippen molar-refractivity contribution in [3.8, 4) is 11.5 Å². The van der Waals surface area contributed by atoms with Crippen molar-refractivity contribution in [2.45, 2.75) is 31.4 Å². The summed E-state index contributed by atoms with van der Waals surface area (Å²) >= 11 is 0. The molecule has 30 heavy (non-hydrogen) atoms. The Balaban J connectivity index is 1.41. The maximum Gasteiger partial charge on any atom is 0.276 e. The van der Waals surface area contributed by atoms with Crippen molar-refractivity contribution in [2.75, 3.05) is 13.1 Å². The maximum atomic E-state index is 13.0. The number of carbonyl (C=O) groups excluding carboxylic acids is 1. The number of carbonyl (C=O) groups is 1. The molecule has 1 aliphatic heterocycles. The lowest BCUT2D eigenvalue weighted by Crippen LogP contribution is -2.45. The van der Waals surface area contributed by atoms with Gasteiger partial charge >= 0.3 is 0 Å². The predicted molar refractivity (Wildman–Crippen MR) is 111 cm³/mol. The van der Waals surface area contributed by atoms with E-state index in [2.05, 4.69) is 15.5 Å². The molecule has 1 fully saturated rings. The van der Waals surface area contributed by atoms with Gasteiger partial charge in [0.2, 0.25) is 11.0 Å². The minimum Gasteiger partial charge on any atom is -0.442 e. The maximum absolute atomic E-state index is 13.0. The van der Waals surface area contributed by atoms with Crippen LogP contribution in [0.3, 0.4) is 0 Å². The predicted octanol–water partition coefficient (Wildman–Crippen LogP) is 2.70. The Morgan fingerprint density at radius 2 is 2.03 bits per heavy atom. The van der Waals surface area contributed by atoms with Crippen molar-refractivity contribution in [3.63, 3.8) is 0 Å². The summed E-state index contributed by atoms with van der Waals surface area (Å²) in [6, 6.07) is 12.7. The quantitative estimate of drug-likeness (QED) is 0.628. The fraction of sp³-hybridized carbons (Fsp3) is 0.333. The van der Waals surface area contributed by atoms with Gasteiger partial charge in [-0.25, -0.2) is 8.42 Å². The van der Waals surface area contributed by atoms with E-state index in [1.165, 1.54) is 10.4 Å². The summed E-state index contributed by atoms with van der Waals surface area (Å²) < 4.78 is 32.9. The van der Waals surface area contributed by atoms with Gasteiger partial charge in [-0.15, -0.1) is 0 Å². The van der Waals surface area contributed by atoms with Gasteiger partial charge in [0, 0.05) is 25.8 Å². The molecule has 8 nitrogen and oxygen atoms in total. The van der Waals surface area contributed by atoms with Crippen molar-refractivity contribution in [3.05, 3.63) is 59.8 Å². The SMILES string of the molecule is Cc1ccc(CNC(=O)[C@@H]2CCCN(S(=O)(=O)c3ccc(-c4ccn[nH]4)o3)C2)cc1. The van der Waals surface area contributed by atoms with E-state index in [-0.39, 0.29) is 23.5 Å². The highest BCUT2D eigenvalue weighted by Crippen LogP contribution is 2.28. The number of aromatic amines is 1. The van der Waals surface area contributed by atoms with Gasteiger partial charge in [-0.3, -0.25) is 9.89 Å². The second-order valence-electron chi connectivity index (χ2n) is 7.49. The van der Waals surface area contributed by atoms with Crippen LogP contribution in [0.15, 0.2) is 58.2 Å². The van der Waals surface area contributed by atoms with E-state index in [1.807, 2.05) is 31.2 Å². The lowest BCUT2D eigenvalue weighted by Gasteiger charge is -2.30. The van der Waals surface area contributed by atoms with Gasteiger partial charge < -0.3 is 9.73 Å². The number of rotatable bonds is 6. The molecule has 3 aromatic rings. The summed E-state index contributed by atoms with van der Waals surface area (Å²) in [6.07, 6.45) is 2.84. The number of piperidine rings is 1. The fourth-order valence-electron chi connectivity index (χ4n) is 3.54. The summed E-state index contributed by atoms with van der Waals surface area (Å²) in [5.41, 5.74) is 2.77. The molecule has 0 spiro atoms. The zero-order valence-electron chi connectivity index (χ0n) is 16.7. The summed E-state index contributed by atoms with van der Waals surface area (Å²) in [7, 11) is -3.82. The number of nitrogens with one attached hydrogen (secondary N) is 2. The number of nitrogens with zero attached hydrogens (tertiary/aromatic N) is 2. The monoisotopic (exact) mass is 428 g/mol. The molecular weight excluding hydrogens is 404 g/mol. The lowest BCUT2D eigenvalue weighted by atomic mass is 9.98. The Hall–Kier alpha value is -2.91. The minimum atomic E-state index is -3.82. The van der Waals surface area contributed by atoms with Gasteiger partial charge in [0.25, 0.3) is 10.0 Å². The van der Waals surface area contributed by atoms with E-state index < -0.39 is 10.0 Å². The Labute approximate surface area is 175 Å². The number of sulfonamides is 1. The lowest BCUT2D eigenvalue weighted by molar-refractivity contribution is -0.126. The molecule has 0 unspecified atom stereocenters. The number of amides is 1. The number of aromatic nitrogens is 2. The van der Waals surface area contributed by atoms with Crippen molar-refractivity contribution in [1.29, 1.82) is 0 Å². The number of benzene rings is 1. The average molecular weight is 429 g/mol. The first-order chi connectivity index (χ1) is 14.4. The number of aryl methyl sites for hydroxylation is 1. The van der Waals surface area contributed by atoms with Gasteiger partial charge in [-0.2, -0.15) is 9.40 Å². The first-order valence-corrected chi connectivity index (χ1v) is 11.3. The molecule has 158 valence electrons. The molecule has 0 saturated carbocycles. The summed E-state index contributed by atoms with van der Waals surface area (Å²) in [6.45, 7) is 2.94. The second-order valence-corrected chi connectivity index (χ2v) is 9.36. The third-order valence-corrected chi connectivity index (χ3v) is 7.02. The highest BCUT2D eigenvalue weighted by atomic mass is 32.2. The van der Waals surface area contributed by atoms with Gasteiger partial charge in [-0.1, -0.05) is 29.8 Å². The second kappa shape index (κ2) is 8.45. The van der Waals surface area contributed by atoms with E-state index in [0.29, 0.717) is 37.4 Å². The van der Waals surface area contributed by atoms with E-state index in [9.17, 15) is 13.2 Å². The molecular formula is C21H24N4O4S. The third-order valence-electron chi connectivity index (χ3n) is 5.28. The largest absolute Gasteiger partial charge is 0.442 e. The van der Waals surface area contributed by atoms with E-state index in [1.54, 1.807) is 18.3 Å². The van der Waals surface area contributed by atoms with Crippen molar-refractivity contribution in [1.82, 2.24) is 19.8 Å². The minimum absolute atomic E-state index is 0.131. The van der Waals surface area contributed by atoms with Gasteiger partial charge in [0.05, 0.1) is 5.92 Å². The molecule has 1 aliphatic rings. The van der Waals surface area contributed by atoms with Gasteiger partial charge in [-0.05, 0) is 43.5 Å². The van der Waals surface area contributed by atoms with Crippen LogP contribution >= 0.6 is 0 Å². The average Bonchev–Trinajstić information content (AvgIpc) is 3.45. The Morgan fingerprint density at radius 3 is 2.77 bits per heavy atom. The fourth-order valence-corrected chi connectivity index (χ4v) is 4.97. The van der Waals surface area contributed by atoms with Crippen LogP contribution in [0.2, 0.25) is 0 Å². The van der Waals surface area contributed by atoms with E-state index in [4.69, 9.17) is 4.42 Å².